The minimum absolute atomic E-state index is 0.532. The number of hydrogen-bond acceptors (Lipinski definition) is 3. The maximum Gasteiger partial charge on any atom is 0.238 e. The van der Waals surface area contributed by atoms with E-state index < -0.39 is 0 Å². The van der Waals surface area contributed by atoms with E-state index in [1.165, 1.54) is 5.39 Å². The summed E-state index contributed by atoms with van der Waals surface area (Å²) >= 11 is 0. The second-order valence-electron chi connectivity index (χ2n) is 19.1. The van der Waals surface area contributed by atoms with E-state index in [1.54, 1.807) is 0 Å². The van der Waals surface area contributed by atoms with Crippen LogP contribution in [0.25, 0.3) is 139 Å². The first-order valence-corrected chi connectivity index (χ1v) is 25.4. The van der Waals surface area contributed by atoms with Gasteiger partial charge in [0.2, 0.25) is 5.95 Å². The molecule has 0 aliphatic heterocycles. The van der Waals surface area contributed by atoms with Gasteiger partial charge in [0.1, 0.15) is 0 Å². The third kappa shape index (κ3) is 6.77. The molecule has 6 heteroatoms. The molecule has 0 saturated heterocycles. The predicted molar refractivity (Wildman–Crippen MR) is 310 cm³/mol. The maximum absolute atomic E-state index is 5.55. The van der Waals surface area contributed by atoms with E-state index in [1.807, 2.05) is 24.3 Å². The molecule has 0 radical (unpaired) electrons. The van der Waals surface area contributed by atoms with Crippen molar-refractivity contribution in [2.45, 2.75) is 0 Å². The summed E-state index contributed by atoms with van der Waals surface area (Å²) in [6.45, 7) is 0. The molecule has 11 aromatic carbocycles. The third-order valence-electron chi connectivity index (χ3n) is 14.9. The Labute approximate surface area is 432 Å². The highest BCUT2D eigenvalue weighted by Crippen LogP contribution is 2.50. The molecule has 15 rings (SSSR count). The van der Waals surface area contributed by atoms with E-state index in [2.05, 4.69) is 256 Å². The lowest BCUT2D eigenvalue weighted by molar-refractivity contribution is 0.953. The number of rotatable bonds is 8. The van der Waals surface area contributed by atoms with Gasteiger partial charge in [-0.05, 0) is 70.3 Å². The Balaban J connectivity index is 1.15. The molecule has 0 aliphatic rings. The first-order chi connectivity index (χ1) is 37.2. The fourth-order valence-corrected chi connectivity index (χ4v) is 11.6. The zero-order chi connectivity index (χ0) is 49.4. The number of nitrogens with zero attached hydrogens (tertiary/aromatic N) is 6. The van der Waals surface area contributed by atoms with Crippen LogP contribution in [0, 0.1) is 0 Å². The number of fused-ring (bicyclic) bond motifs is 10. The van der Waals surface area contributed by atoms with Crippen LogP contribution in [-0.4, -0.2) is 28.7 Å². The Morgan fingerprint density at radius 2 is 0.693 bits per heavy atom. The topological polar surface area (TPSA) is 53.5 Å². The van der Waals surface area contributed by atoms with Crippen molar-refractivity contribution in [3.63, 3.8) is 0 Å². The van der Waals surface area contributed by atoms with Crippen molar-refractivity contribution >= 4 is 65.4 Å². The van der Waals surface area contributed by atoms with Crippen molar-refractivity contribution in [3.05, 3.63) is 267 Å². The molecule has 0 bridgehead atoms. The first kappa shape index (κ1) is 42.5. The van der Waals surface area contributed by atoms with E-state index in [4.69, 9.17) is 15.0 Å². The van der Waals surface area contributed by atoms with E-state index in [0.29, 0.717) is 17.6 Å². The smallest absolute Gasteiger partial charge is 0.238 e. The summed E-state index contributed by atoms with van der Waals surface area (Å²) in [5.74, 6) is 1.71. The fraction of sp³-hybridized carbons (Fsp3) is 0. The number of benzene rings is 11. The summed E-state index contributed by atoms with van der Waals surface area (Å²) in [6.07, 6.45) is 0. The first-order valence-electron chi connectivity index (χ1n) is 25.4. The summed E-state index contributed by atoms with van der Waals surface area (Å²) in [5.41, 5.74) is 17.1. The van der Waals surface area contributed by atoms with Gasteiger partial charge in [-0.25, -0.2) is 4.98 Å². The molecule has 75 heavy (non-hydrogen) atoms. The monoisotopic (exact) mass is 956 g/mol. The second-order valence-corrected chi connectivity index (χ2v) is 19.1. The molecule has 0 spiro atoms. The molecule has 0 aliphatic carbocycles. The second kappa shape index (κ2) is 17.3. The van der Waals surface area contributed by atoms with Crippen molar-refractivity contribution in [1.29, 1.82) is 0 Å². The van der Waals surface area contributed by atoms with E-state index >= 15 is 0 Å². The highest BCUT2D eigenvalue weighted by molar-refractivity contribution is 6.26. The SMILES string of the molecule is c1ccc(-c2cccc(-c3nc(-c4ccccc4)nc(-n4c5ccccc5c5ccc6c7ccccc7n(-c7c(-c8ccccc8)c(-c8ccccc8)cc8c9ccccc9n(-c9ccccc9)c78)c6c54)n3)c2)cc1. The summed E-state index contributed by atoms with van der Waals surface area (Å²) in [7, 11) is 0. The molecule has 0 saturated carbocycles. The summed E-state index contributed by atoms with van der Waals surface area (Å²) < 4.78 is 7.35. The van der Waals surface area contributed by atoms with E-state index in [-0.39, 0.29) is 0 Å². The highest BCUT2D eigenvalue weighted by Gasteiger charge is 2.29. The quantitative estimate of drug-likeness (QED) is 0.152. The van der Waals surface area contributed by atoms with Crippen molar-refractivity contribution in [2.24, 2.45) is 0 Å². The highest BCUT2D eigenvalue weighted by atomic mass is 15.2. The Morgan fingerprint density at radius 1 is 0.253 bits per heavy atom. The van der Waals surface area contributed by atoms with Crippen LogP contribution in [0.1, 0.15) is 0 Å². The molecule has 350 valence electrons. The minimum Gasteiger partial charge on any atom is -0.307 e. The zero-order valence-electron chi connectivity index (χ0n) is 40.6. The Morgan fingerprint density at radius 3 is 1.31 bits per heavy atom. The lowest BCUT2D eigenvalue weighted by Gasteiger charge is -2.22. The van der Waals surface area contributed by atoms with Crippen LogP contribution in [0.4, 0.5) is 0 Å². The predicted octanol–water partition coefficient (Wildman–Crippen LogP) is 17.5. The normalized spacial score (nSPS) is 11.7. The Kier molecular flexibility index (Phi) is 9.78. The van der Waals surface area contributed by atoms with Crippen molar-refractivity contribution < 1.29 is 0 Å². The molecule has 0 unspecified atom stereocenters. The standard InChI is InChI=1S/C69H44N6/c1-6-23-45(24-7-1)49-31-22-32-50(43-49)68-70-67(48-29-12-4-13-30-48)71-69(72-68)75-61-40-21-17-36-53(61)56-42-41-55-52-35-16-20-39-60(52)74(63(55)64(56)75)66-62(47-27-10-3-11-28-47)57(46-25-8-2-9-26-46)44-58-54-37-18-19-38-59(54)73(65(58)66)51-33-14-5-15-34-51/h1-44H. The maximum atomic E-state index is 5.55. The van der Waals surface area contributed by atoms with Gasteiger partial charge in [0.05, 0.1) is 38.8 Å². The van der Waals surface area contributed by atoms with Gasteiger partial charge in [0, 0.05) is 54.7 Å². The Hall–Kier alpha value is -10.2. The molecule has 0 atom stereocenters. The molecule has 6 nitrogen and oxygen atoms in total. The Bertz CT molecular complexity index is 4670. The molecule has 0 amide bonds. The average molecular weight is 957 g/mol. The van der Waals surface area contributed by atoms with Gasteiger partial charge in [-0.2, -0.15) is 9.97 Å². The van der Waals surface area contributed by atoms with Gasteiger partial charge in [-0.3, -0.25) is 4.57 Å². The van der Waals surface area contributed by atoms with Crippen LogP contribution in [0.5, 0.6) is 0 Å². The van der Waals surface area contributed by atoms with E-state index in [9.17, 15) is 0 Å². The summed E-state index contributed by atoms with van der Waals surface area (Å²) in [6, 6.07) is 95.4. The molecule has 15 aromatic rings. The van der Waals surface area contributed by atoms with Crippen molar-refractivity contribution in [1.82, 2.24) is 28.7 Å². The van der Waals surface area contributed by atoms with Gasteiger partial charge in [0.15, 0.2) is 11.6 Å². The average Bonchev–Trinajstić information content (AvgIpc) is 4.14. The number of aromatic nitrogens is 6. The van der Waals surface area contributed by atoms with E-state index in [0.717, 1.165) is 116 Å². The van der Waals surface area contributed by atoms with Gasteiger partial charge < -0.3 is 9.13 Å². The molecule has 4 heterocycles. The molecule has 0 N–H and O–H groups in total. The lowest BCUT2D eigenvalue weighted by atomic mass is 9.90. The summed E-state index contributed by atoms with van der Waals surface area (Å²) in [4.78, 5) is 16.3. The van der Waals surface area contributed by atoms with Crippen LogP contribution in [0.2, 0.25) is 0 Å². The van der Waals surface area contributed by atoms with Crippen LogP contribution >= 0.6 is 0 Å². The van der Waals surface area contributed by atoms with Crippen LogP contribution in [-0.2, 0) is 0 Å². The van der Waals surface area contributed by atoms with Gasteiger partial charge in [-0.15, -0.1) is 0 Å². The van der Waals surface area contributed by atoms with Gasteiger partial charge in [0.25, 0.3) is 0 Å². The molecular weight excluding hydrogens is 913 g/mol. The minimum atomic E-state index is 0.532. The summed E-state index contributed by atoms with van der Waals surface area (Å²) in [5, 5.41) is 6.80. The van der Waals surface area contributed by atoms with Crippen LogP contribution in [0.15, 0.2) is 267 Å². The molecular formula is C69H44N6. The van der Waals surface area contributed by atoms with Gasteiger partial charge in [-0.1, -0.05) is 224 Å². The van der Waals surface area contributed by atoms with Gasteiger partial charge >= 0.3 is 0 Å². The lowest BCUT2D eigenvalue weighted by Crippen LogP contribution is -2.08. The number of para-hydroxylation sites is 4. The van der Waals surface area contributed by atoms with Crippen molar-refractivity contribution in [2.75, 3.05) is 0 Å². The largest absolute Gasteiger partial charge is 0.307 e. The fourth-order valence-electron chi connectivity index (χ4n) is 11.6. The molecule has 4 aromatic heterocycles. The zero-order valence-corrected chi connectivity index (χ0v) is 40.6. The number of hydrogen-bond donors (Lipinski definition) is 0. The van der Waals surface area contributed by atoms with Crippen LogP contribution < -0.4 is 0 Å². The van der Waals surface area contributed by atoms with Crippen molar-refractivity contribution in [3.8, 4) is 73.5 Å². The molecule has 0 fully saturated rings. The third-order valence-corrected chi connectivity index (χ3v) is 14.9. The van der Waals surface area contributed by atoms with Crippen LogP contribution in [0.3, 0.4) is 0 Å².